The third-order valence-corrected chi connectivity index (χ3v) is 4.03. The van der Waals surface area contributed by atoms with Crippen molar-refractivity contribution in [3.63, 3.8) is 0 Å². The fourth-order valence-corrected chi connectivity index (χ4v) is 2.94. The van der Waals surface area contributed by atoms with Crippen molar-refractivity contribution >= 4 is 23.5 Å². The zero-order valence-electron chi connectivity index (χ0n) is 11.7. The summed E-state index contributed by atoms with van der Waals surface area (Å²) in [6.45, 7) is 2.35. The molecule has 104 valence electrons. The molecule has 1 aliphatic rings. The Labute approximate surface area is 118 Å². The summed E-state index contributed by atoms with van der Waals surface area (Å²) < 4.78 is 5.43. The predicted molar refractivity (Wildman–Crippen MR) is 81.3 cm³/mol. The van der Waals surface area contributed by atoms with Crippen LogP contribution in [0.5, 0.6) is 5.75 Å². The summed E-state index contributed by atoms with van der Waals surface area (Å²) in [5, 5.41) is 22.4. The molecule has 3 rings (SSSR count). The molecule has 0 bridgehead atoms. The molecule has 0 aromatic heterocycles. The van der Waals surface area contributed by atoms with E-state index in [2.05, 4.69) is 0 Å². The highest BCUT2D eigenvalue weighted by molar-refractivity contribution is 6.54. The van der Waals surface area contributed by atoms with Gasteiger partial charge in [0.15, 0.2) is 0 Å². The molecule has 0 aliphatic carbocycles. The normalized spacial score (nSPS) is 18.1. The van der Waals surface area contributed by atoms with Crippen LogP contribution in [-0.2, 0) is 11.2 Å². The average molecular weight is 271 g/mol. The largest absolute Gasteiger partial charge is 0.507 e. The Morgan fingerprint density at radius 2 is 2.10 bits per heavy atom. The monoisotopic (exact) mass is 271 g/mol. The van der Waals surface area contributed by atoms with E-state index in [1.54, 1.807) is 13.9 Å². The van der Waals surface area contributed by atoms with Crippen LogP contribution in [0.25, 0.3) is 10.8 Å². The number of phenols is 1. The van der Waals surface area contributed by atoms with E-state index in [0.29, 0.717) is 18.7 Å². The van der Waals surface area contributed by atoms with E-state index in [4.69, 9.17) is 4.74 Å². The van der Waals surface area contributed by atoms with Crippen LogP contribution >= 0.6 is 0 Å². The topological polar surface area (TPSA) is 52.9 Å². The number of aromatic hydroxyl groups is 1. The molecule has 0 saturated carbocycles. The Kier molecular flexibility index (Phi) is 3.32. The van der Waals surface area contributed by atoms with Gasteiger partial charge in [-0.2, -0.15) is 0 Å². The van der Waals surface area contributed by atoms with Crippen LogP contribution in [0.3, 0.4) is 0 Å². The van der Waals surface area contributed by atoms with Crippen LogP contribution in [0.15, 0.2) is 30.3 Å². The molecule has 1 aliphatic heterocycles. The maximum atomic E-state index is 10.5. The number of hydrogen-bond acceptors (Lipinski definition) is 4. The Bertz CT molecular complexity index is 644. The molecule has 5 heteroatoms. The van der Waals surface area contributed by atoms with E-state index in [-0.39, 0.29) is 6.10 Å². The zero-order chi connectivity index (χ0) is 14.3. The van der Waals surface area contributed by atoms with Gasteiger partial charge in [-0.25, -0.2) is 0 Å². The second-order valence-electron chi connectivity index (χ2n) is 5.29. The van der Waals surface area contributed by atoms with Crippen molar-refractivity contribution in [3.05, 3.63) is 35.9 Å². The Balaban J connectivity index is 2.23. The lowest BCUT2D eigenvalue weighted by molar-refractivity contribution is 0.106. The van der Waals surface area contributed by atoms with Crippen LogP contribution in [0, 0.1) is 0 Å². The van der Waals surface area contributed by atoms with Crippen molar-refractivity contribution in [1.29, 1.82) is 0 Å². The smallest absolute Gasteiger partial charge is 0.409 e. The first-order valence-corrected chi connectivity index (χ1v) is 6.83. The van der Waals surface area contributed by atoms with Gasteiger partial charge in [0.1, 0.15) is 5.75 Å². The molecule has 0 radical (unpaired) electrons. The third kappa shape index (κ3) is 2.03. The summed E-state index contributed by atoms with van der Waals surface area (Å²) >= 11 is 0. The number of fused-ring (bicyclic) bond motifs is 2. The van der Waals surface area contributed by atoms with Gasteiger partial charge in [-0.05, 0) is 18.3 Å². The number of nitrogens with zero attached hydrogens (tertiary/aromatic N) is 1. The minimum atomic E-state index is -0.618. The first-order valence-electron chi connectivity index (χ1n) is 6.83. The Morgan fingerprint density at radius 3 is 2.80 bits per heavy atom. The summed E-state index contributed by atoms with van der Waals surface area (Å²) in [5.74, 6) is 0.297. The molecular weight excluding hydrogens is 253 g/mol. The van der Waals surface area contributed by atoms with Crippen molar-refractivity contribution in [2.45, 2.75) is 19.3 Å². The number of methoxy groups -OCH3 is 1. The maximum absolute atomic E-state index is 10.5. The SMILES string of the molecule is COC1Cc2c(cc3ccccc3c2O)N(B(C)O)C1. The Morgan fingerprint density at radius 1 is 1.35 bits per heavy atom. The van der Waals surface area contributed by atoms with E-state index in [1.807, 2.05) is 35.1 Å². The van der Waals surface area contributed by atoms with Gasteiger partial charge in [0, 0.05) is 36.7 Å². The van der Waals surface area contributed by atoms with Crippen molar-refractivity contribution in [2.24, 2.45) is 0 Å². The van der Waals surface area contributed by atoms with Gasteiger partial charge in [0.2, 0.25) is 0 Å². The summed E-state index contributed by atoms with van der Waals surface area (Å²) in [6, 6.07) is 9.77. The summed E-state index contributed by atoms with van der Waals surface area (Å²) in [5.41, 5.74) is 1.74. The van der Waals surface area contributed by atoms with Gasteiger partial charge in [-0.15, -0.1) is 0 Å². The quantitative estimate of drug-likeness (QED) is 0.821. The van der Waals surface area contributed by atoms with E-state index >= 15 is 0 Å². The standard InChI is InChI=1S/C15H18BNO3/c1-16(19)17-9-11(20-2)8-13-14(17)7-10-5-3-4-6-12(10)15(13)18/h3-7,11,18-19H,8-9H2,1-2H3. The predicted octanol–water partition coefficient (Wildman–Crippen LogP) is 2.03. The molecule has 2 aromatic rings. The summed E-state index contributed by atoms with van der Waals surface area (Å²) in [7, 11) is 1.04. The van der Waals surface area contributed by atoms with Crippen LogP contribution < -0.4 is 4.81 Å². The third-order valence-electron chi connectivity index (χ3n) is 4.03. The highest BCUT2D eigenvalue weighted by Crippen LogP contribution is 2.40. The van der Waals surface area contributed by atoms with Crippen molar-refractivity contribution < 1.29 is 14.9 Å². The second kappa shape index (κ2) is 5.00. The minimum absolute atomic E-state index is 0.0239. The van der Waals surface area contributed by atoms with Crippen molar-refractivity contribution in [3.8, 4) is 5.75 Å². The molecule has 4 nitrogen and oxygen atoms in total. The van der Waals surface area contributed by atoms with Gasteiger partial charge >= 0.3 is 7.05 Å². The first-order chi connectivity index (χ1) is 9.61. The lowest BCUT2D eigenvalue weighted by Gasteiger charge is -2.37. The molecule has 0 fully saturated rings. The van der Waals surface area contributed by atoms with Gasteiger partial charge < -0.3 is 19.7 Å². The van der Waals surface area contributed by atoms with E-state index < -0.39 is 7.05 Å². The molecule has 2 N–H and O–H groups in total. The lowest BCUT2D eigenvalue weighted by Crippen LogP contribution is -2.47. The van der Waals surface area contributed by atoms with Crippen LogP contribution in [0.4, 0.5) is 5.69 Å². The van der Waals surface area contributed by atoms with Crippen LogP contribution in [0.2, 0.25) is 6.82 Å². The highest BCUT2D eigenvalue weighted by atomic mass is 16.5. The average Bonchev–Trinajstić information content (AvgIpc) is 2.46. The highest BCUT2D eigenvalue weighted by Gasteiger charge is 2.31. The number of ether oxygens (including phenoxy) is 1. The Hall–Kier alpha value is -1.72. The van der Waals surface area contributed by atoms with E-state index in [9.17, 15) is 10.1 Å². The number of phenolic OH excluding ortho intramolecular Hbond substituents is 1. The summed E-state index contributed by atoms with van der Waals surface area (Å²) in [4.78, 5) is 1.87. The minimum Gasteiger partial charge on any atom is -0.507 e. The molecule has 0 spiro atoms. The molecule has 1 heterocycles. The number of hydrogen-bond donors (Lipinski definition) is 2. The van der Waals surface area contributed by atoms with Gasteiger partial charge in [-0.1, -0.05) is 24.3 Å². The van der Waals surface area contributed by atoms with Gasteiger partial charge in [0.05, 0.1) is 6.10 Å². The number of anilines is 1. The zero-order valence-corrected chi connectivity index (χ0v) is 11.7. The second-order valence-corrected chi connectivity index (χ2v) is 5.29. The van der Waals surface area contributed by atoms with E-state index in [0.717, 1.165) is 22.0 Å². The van der Waals surface area contributed by atoms with Gasteiger partial charge in [0.25, 0.3) is 0 Å². The maximum Gasteiger partial charge on any atom is 0.409 e. The molecule has 0 amide bonds. The van der Waals surface area contributed by atoms with Crippen LogP contribution in [-0.4, -0.2) is 36.9 Å². The number of benzene rings is 2. The molecule has 20 heavy (non-hydrogen) atoms. The fraction of sp³-hybridized carbons (Fsp3) is 0.333. The van der Waals surface area contributed by atoms with E-state index in [1.165, 1.54) is 0 Å². The van der Waals surface area contributed by atoms with Crippen molar-refractivity contribution in [1.82, 2.24) is 0 Å². The molecule has 1 unspecified atom stereocenters. The fourth-order valence-electron chi connectivity index (χ4n) is 2.94. The molecule has 1 atom stereocenters. The molecule has 2 aromatic carbocycles. The number of rotatable bonds is 2. The molecule has 0 saturated heterocycles. The first kappa shape index (κ1) is 13.3. The van der Waals surface area contributed by atoms with Crippen LogP contribution in [0.1, 0.15) is 5.56 Å². The van der Waals surface area contributed by atoms with Gasteiger partial charge in [-0.3, -0.25) is 0 Å². The lowest BCUT2D eigenvalue weighted by atomic mass is 9.80. The summed E-state index contributed by atoms with van der Waals surface area (Å²) in [6.07, 6.45) is 0.635. The van der Waals surface area contributed by atoms with Crippen molar-refractivity contribution in [2.75, 3.05) is 18.5 Å². The molecular formula is C15H18BNO3.